The third-order valence-corrected chi connectivity index (χ3v) is 10.7. The molecule has 0 radical (unpaired) electrons. The minimum Gasteiger partial charge on any atom is -0.455 e. The van der Waals surface area contributed by atoms with Gasteiger partial charge in [0.25, 0.3) is 0 Å². The zero-order chi connectivity index (χ0) is 33.7. The van der Waals surface area contributed by atoms with Crippen LogP contribution in [0.4, 0.5) is 0 Å². The first kappa shape index (κ1) is 29.5. The molecule has 10 rings (SSSR count). The molecule has 9 aromatic rings. The second kappa shape index (κ2) is 12.2. The summed E-state index contributed by atoms with van der Waals surface area (Å²) in [7, 11) is 0. The van der Waals surface area contributed by atoms with E-state index in [0.717, 1.165) is 39.5 Å². The van der Waals surface area contributed by atoms with E-state index < -0.39 is 0 Å². The monoisotopic (exact) mass is 650 g/mol. The van der Waals surface area contributed by atoms with Crippen molar-refractivity contribution in [2.24, 2.45) is 0 Å². The standard InChI is InChI=1S/C50H34O/c1-2-10-33(11-3-1)34-20-26-37(27-21-34)49(38-28-22-35(23-29-38)41-15-8-17-44-42-13-5-4-12-40(42)32-47(41)44)39-30-24-36(25-31-39)43-16-9-18-46-45-14-6-7-19-48(45)51-50(43)46/h1-31,49H,32H2. The Morgan fingerprint density at radius 1 is 0.353 bits per heavy atom. The van der Waals surface area contributed by atoms with E-state index in [1.165, 1.54) is 61.2 Å². The van der Waals surface area contributed by atoms with Crippen LogP contribution in [0, 0.1) is 0 Å². The van der Waals surface area contributed by atoms with Gasteiger partial charge in [0.05, 0.1) is 0 Å². The highest BCUT2D eigenvalue weighted by Gasteiger charge is 2.22. The van der Waals surface area contributed by atoms with E-state index in [-0.39, 0.29) is 5.92 Å². The van der Waals surface area contributed by atoms with Gasteiger partial charge in [-0.05, 0) is 79.2 Å². The molecule has 0 N–H and O–H groups in total. The van der Waals surface area contributed by atoms with Crippen LogP contribution in [0.25, 0.3) is 66.4 Å². The Labute approximate surface area is 298 Å². The predicted octanol–water partition coefficient (Wildman–Crippen LogP) is 13.3. The van der Waals surface area contributed by atoms with Gasteiger partial charge in [-0.2, -0.15) is 0 Å². The first-order chi connectivity index (χ1) is 25.3. The Kier molecular flexibility index (Phi) is 7.03. The van der Waals surface area contributed by atoms with Crippen molar-refractivity contribution in [1.82, 2.24) is 0 Å². The van der Waals surface area contributed by atoms with Crippen LogP contribution in [0.5, 0.6) is 0 Å². The normalized spacial score (nSPS) is 12.5. The molecule has 0 amide bonds. The summed E-state index contributed by atoms with van der Waals surface area (Å²) in [5.74, 6) is 0.0747. The summed E-state index contributed by atoms with van der Waals surface area (Å²) < 4.78 is 6.40. The highest BCUT2D eigenvalue weighted by molar-refractivity contribution is 6.09. The number of hydrogen-bond donors (Lipinski definition) is 0. The maximum Gasteiger partial charge on any atom is 0.143 e. The number of hydrogen-bond acceptors (Lipinski definition) is 1. The lowest BCUT2D eigenvalue weighted by Crippen LogP contribution is -2.04. The third kappa shape index (κ3) is 5.09. The van der Waals surface area contributed by atoms with Gasteiger partial charge in [-0.1, -0.05) is 182 Å². The van der Waals surface area contributed by atoms with Gasteiger partial charge in [0.1, 0.15) is 11.2 Å². The summed E-state index contributed by atoms with van der Waals surface area (Å²) in [6.45, 7) is 0. The molecule has 0 saturated heterocycles. The van der Waals surface area contributed by atoms with Gasteiger partial charge in [0.15, 0.2) is 0 Å². The lowest BCUT2D eigenvalue weighted by Gasteiger charge is -2.21. The molecule has 1 atom stereocenters. The van der Waals surface area contributed by atoms with E-state index >= 15 is 0 Å². The molecule has 8 aromatic carbocycles. The highest BCUT2D eigenvalue weighted by atomic mass is 16.3. The molecule has 1 aliphatic rings. The Morgan fingerprint density at radius 2 is 0.863 bits per heavy atom. The zero-order valence-electron chi connectivity index (χ0n) is 28.1. The fourth-order valence-corrected chi connectivity index (χ4v) is 8.19. The van der Waals surface area contributed by atoms with Gasteiger partial charge in [-0.15, -0.1) is 0 Å². The SMILES string of the molecule is c1ccc(-c2ccc(C(c3ccc(-c4cccc5c4Cc4ccccc4-5)cc3)c3ccc(-c4cccc5c4oc4ccccc45)cc3)cc2)cc1. The third-order valence-electron chi connectivity index (χ3n) is 10.7. The lowest BCUT2D eigenvalue weighted by atomic mass is 9.83. The smallest absolute Gasteiger partial charge is 0.143 e. The van der Waals surface area contributed by atoms with Crippen LogP contribution < -0.4 is 0 Å². The summed E-state index contributed by atoms with van der Waals surface area (Å²) in [6.07, 6.45) is 0.980. The molecule has 0 aliphatic heterocycles. The van der Waals surface area contributed by atoms with E-state index in [1.54, 1.807) is 0 Å². The minimum absolute atomic E-state index is 0.0747. The molecule has 1 aliphatic carbocycles. The van der Waals surface area contributed by atoms with Gasteiger partial charge in [0.2, 0.25) is 0 Å². The molecular formula is C50H34O. The summed E-state index contributed by atoms with van der Waals surface area (Å²) in [5.41, 5.74) is 18.5. The van der Waals surface area contributed by atoms with Gasteiger partial charge in [-0.25, -0.2) is 0 Å². The number of furan rings is 1. The van der Waals surface area contributed by atoms with Crippen molar-refractivity contribution < 1.29 is 4.42 Å². The average Bonchev–Trinajstić information content (AvgIpc) is 3.78. The molecule has 1 heteroatoms. The number of rotatable bonds is 6. The molecule has 1 heterocycles. The van der Waals surface area contributed by atoms with Crippen LogP contribution in [-0.2, 0) is 6.42 Å². The predicted molar refractivity (Wildman–Crippen MR) is 212 cm³/mol. The van der Waals surface area contributed by atoms with Crippen molar-refractivity contribution in [3.63, 3.8) is 0 Å². The van der Waals surface area contributed by atoms with Crippen LogP contribution in [0.1, 0.15) is 33.7 Å². The minimum atomic E-state index is 0.0747. The number of benzene rings is 8. The van der Waals surface area contributed by atoms with Crippen LogP contribution in [0.2, 0.25) is 0 Å². The molecule has 1 nitrogen and oxygen atoms in total. The van der Waals surface area contributed by atoms with E-state index in [1.807, 2.05) is 12.1 Å². The van der Waals surface area contributed by atoms with Gasteiger partial charge >= 0.3 is 0 Å². The van der Waals surface area contributed by atoms with Gasteiger partial charge < -0.3 is 4.42 Å². The topological polar surface area (TPSA) is 13.1 Å². The molecule has 0 bridgehead atoms. The zero-order valence-corrected chi connectivity index (χ0v) is 28.1. The first-order valence-corrected chi connectivity index (χ1v) is 17.7. The summed E-state index contributed by atoms with van der Waals surface area (Å²) in [6, 6.07) is 68.4. The molecule has 51 heavy (non-hydrogen) atoms. The van der Waals surface area contributed by atoms with Gasteiger partial charge in [-0.3, -0.25) is 0 Å². The second-order valence-corrected chi connectivity index (χ2v) is 13.6. The summed E-state index contributed by atoms with van der Waals surface area (Å²) in [4.78, 5) is 0. The van der Waals surface area contributed by atoms with Crippen LogP contribution in [-0.4, -0.2) is 0 Å². The van der Waals surface area contributed by atoms with Crippen molar-refractivity contribution in [2.45, 2.75) is 12.3 Å². The second-order valence-electron chi connectivity index (χ2n) is 13.6. The Morgan fingerprint density at radius 3 is 1.61 bits per heavy atom. The lowest BCUT2D eigenvalue weighted by molar-refractivity contribution is 0.670. The van der Waals surface area contributed by atoms with Crippen LogP contribution >= 0.6 is 0 Å². The average molecular weight is 651 g/mol. The molecule has 0 spiro atoms. The molecule has 1 aromatic heterocycles. The number of fused-ring (bicyclic) bond motifs is 6. The van der Waals surface area contributed by atoms with E-state index in [9.17, 15) is 0 Å². The summed E-state index contributed by atoms with van der Waals surface area (Å²) >= 11 is 0. The van der Waals surface area contributed by atoms with Crippen molar-refractivity contribution >= 4 is 21.9 Å². The quantitative estimate of drug-likeness (QED) is 0.163. The van der Waals surface area contributed by atoms with Gasteiger partial charge in [0, 0.05) is 22.3 Å². The molecule has 1 unspecified atom stereocenters. The Bertz CT molecular complexity index is 2680. The first-order valence-electron chi connectivity index (χ1n) is 17.7. The largest absolute Gasteiger partial charge is 0.455 e. The van der Waals surface area contributed by atoms with E-state index in [4.69, 9.17) is 4.42 Å². The Hall–Kier alpha value is -6.44. The molecule has 0 saturated carbocycles. The van der Waals surface area contributed by atoms with Crippen molar-refractivity contribution in [3.8, 4) is 44.5 Å². The summed E-state index contributed by atoms with van der Waals surface area (Å²) in [5, 5.41) is 2.30. The highest BCUT2D eigenvalue weighted by Crippen LogP contribution is 2.43. The van der Waals surface area contributed by atoms with Crippen molar-refractivity contribution in [3.05, 3.63) is 216 Å². The maximum absolute atomic E-state index is 6.40. The maximum atomic E-state index is 6.40. The van der Waals surface area contributed by atoms with Crippen molar-refractivity contribution in [1.29, 1.82) is 0 Å². The van der Waals surface area contributed by atoms with Crippen LogP contribution in [0.3, 0.4) is 0 Å². The Balaban J connectivity index is 1.04. The van der Waals surface area contributed by atoms with E-state index in [0.29, 0.717) is 0 Å². The fraction of sp³-hybridized carbons (Fsp3) is 0.0400. The molecule has 240 valence electrons. The molecular weight excluding hydrogens is 617 g/mol. The van der Waals surface area contributed by atoms with Crippen molar-refractivity contribution in [2.75, 3.05) is 0 Å². The van der Waals surface area contributed by atoms with Crippen LogP contribution in [0.15, 0.2) is 192 Å². The number of para-hydroxylation sites is 2. The van der Waals surface area contributed by atoms with E-state index in [2.05, 4.69) is 176 Å². The fourth-order valence-electron chi connectivity index (χ4n) is 8.19. The molecule has 0 fully saturated rings.